The van der Waals surface area contributed by atoms with E-state index in [0.29, 0.717) is 13.0 Å². The van der Waals surface area contributed by atoms with Gasteiger partial charge in [-0.15, -0.1) is 0 Å². The lowest BCUT2D eigenvalue weighted by Crippen LogP contribution is -2.43. The molecule has 20 heavy (non-hydrogen) atoms. The Bertz CT molecular complexity index is 500. The van der Waals surface area contributed by atoms with Crippen molar-refractivity contribution in [3.63, 3.8) is 0 Å². The lowest BCUT2D eigenvalue weighted by molar-refractivity contribution is -0.142. The van der Waals surface area contributed by atoms with E-state index in [0.717, 1.165) is 5.56 Å². The number of hydrogen-bond acceptors (Lipinski definition) is 3. The molecule has 1 fully saturated rings. The van der Waals surface area contributed by atoms with E-state index in [1.54, 1.807) is 0 Å². The van der Waals surface area contributed by atoms with E-state index in [9.17, 15) is 14.7 Å². The van der Waals surface area contributed by atoms with E-state index in [4.69, 9.17) is 4.74 Å². The molecular formula is C15H17NO4. The van der Waals surface area contributed by atoms with E-state index >= 15 is 0 Å². The van der Waals surface area contributed by atoms with Crippen molar-refractivity contribution >= 4 is 12.1 Å². The van der Waals surface area contributed by atoms with Gasteiger partial charge in [0.05, 0.1) is 0 Å². The molecule has 2 rings (SSSR count). The van der Waals surface area contributed by atoms with Crippen LogP contribution in [-0.2, 0) is 9.53 Å². The van der Waals surface area contributed by atoms with E-state index in [2.05, 4.69) is 6.58 Å². The molecule has 1 heterocycles. The number of aliphatic carboxylic acids is 1. The summed E-state index contributed by atoms with van der Waals surface area (Å²) in [6.45, 7) is 3.93. The number of ether oxygens (including phenoxy) is 1. The number of carboxylic acids is 1. The lowest BCUT2D eigenvalue weighted by atomic mass is 9.92. The number of nitrogens with zero attached hydrogens (tertiary/aromatic N) is 1. The number of carbonyl (C=O) groups is 2. The third-order valence-corrected chi connectivity index (χ3v) is 3.44. The van der Waals surface area contributed by atoms with Crippen LogP contribution in [-0.4, -0.2) is 41.3 Å². The average Bonchev–Trinajstić information content (AvgIpc) is 2.90. The molecule has 0 bridgehead atoms. The fourth-order valence-electron chi connectivity index (χ4n) is 2.56. The molecule has 1 aliphatic heterocycles. The standard InChI is InChI=1S/C15H17NO4/c1-2-10-20-15(19)16-9-8-12(13(16)14(17)18)11-6-4-3-5-7-11/h2-7,12-13H,1,8-10H2,(H,17,18)/t12-,13-/m0/s1. The van der Waals surface area contributed by atoms with Gasteiger partial charge in [-0.2, -0.15) is 0 Å². The number of amides is 1. The lowest BCUT2D eigenvalue weighted by Gasteiger charge is -2.24. The SMILES string of the molecule is C=CCOC(=O)N1CC[C@@H](c2ccccc2)[C@H]1C(=O)O. The van der Waals surface area contributed by atoms with Gasteiger partial charge in [-0.25, -0.2) is 9.59 Å². The molecular weight excluding hydrogens is 258 g/mol. The Balaban J connectivity index is 2.19. The van der Waals surface area contributed by atoms with Crippen molar-refractivity contribution in [3.05, 3.63) is 48.6 Å². The van der Waals surface area contributed by atoms with E-state index in [1.807, 2.05) is 30.3 Å². The van der Waals surface area contributed by atoms with Gasteiger partial charge in [0, 0.05) is 12.5 Å². The normalized spacial score (nSPS) is 21.5. The van der Waals surface area contributed by atoms with Crippen LogP contribution in [0.1, 0.15) is 17.9 Å². The predicted molar refractivity (Wildman–Crippen MR) is 73.5 cm³/mol. The highest BCUT2D eigenvalue weighted by atomic mass is 16.6. The summed E-state index contributed by atoms with van der Waals surface area (Å²) in [5.74, 6) is -1.21. The highest BCUT2D eigenvalue weighted by molar-refractivity contribution is 5.82. The molecule has 0 radical (unpaired) electrons. The zero-order chi connectivity index (χ0) is 14.5. The van der Waals surface area contributed by atoms with Crippen LogP contribution in [0.15, 0.2) is 43.0 Å². The smallest absolute Gasteiger partial charge is 0.410 e. The summed E-state index contributed by atoms with van der Waals surface area (Å²) in [5, 5.41) is 9.42. The van der Waals surface area contributed by atoms with Gasteiger partial charge in [0.15, 0.2) is 0 Å². The minimum absolute atomic E-state index is 0.0810. The second kappa shape index (κ2) is 6.23. The van der Waals surface area contributed by atoms with Crippen LogP contribution < -0.4 is 0 Å². The molecule has 5 heteroatoms. The van der Waals surface area contributed by atoms with Crippen molar-refractivity contribution in [3.8, 4) is 0 Å². The van der Waals surface area contributed by atoms with E-state index < -0.39 is 18.1 Å². The molecule has 1 amide bonds. The van der Waals surface area contributed by atoms with Crippen LogP contribution in [0.5, 0.6) is 0 Å². The van der Waals surface area contributed by atoms with Crippen LogP contribution in [0.25, 0.3) is 0 Å². The molecule has 0 saturated carbocycles. The van der Waals surface area contributed by atoms with Crippen molar-refractivity contribution in [1.82, 2.24) is 4.90 Å². The number of carbonyl (C=O) groups excluding carboxylic acids is 1. The van der Waals surface area contributed by atoms with Crippen LogP contribution in [0.4, 0.5) is 4.79 Å². The van der Waals surface area contributed by atoms with Gasteiger partial charge in [0.25, 0.3) is 0 Å². The van der Waals surface area contributed by atoms with Crippen molar-refractivity contribution in [1.29, 1.82) is 0 Å². The molecule has 2 atom stereocenters. The molecule has 1 aromatic carbocycles. The minimum atomic E-state index is -1.01. The van der Waals surface area contributed by atoms with Crippen LogP contribution in [0, 0.1) is 0 Å². The number of likely N-dealkylation sites (tertiary alicyclic amines) is 1. The molecule has 1 saturated heterocycles. The van der Waals surface area contributed by atoms with Crippen LogP contribution in [0.2, 0.25) is 0 Å². The average molecular weight is 275 g/mol. The zero-order valence-electron chi connectivity index (χ0n) is 11.1. The second-order valence-corrected chi connectivity index (χ2v) is 4.65. The first kappa shape index (κ1) is 14.1. The predicted octanol–water partition coefficient (Wildman–Crippen LogP) is 2.25. The number of benzene rings is 1. The van der Waals surface area contributed by atoms with Crippen molar-refractivity contribution in [2.24, 2.45) is 0 Å². The molecule has 0 aromatic heterocycles. The summed E-state index contributed by atoms with van der Waals surface area (Å²) < 4.78 is 4.95. The number of rotatable bonds is 4. The van der Waals surface area contributed by atoms with Gasteiger partial charge < -0.3 is 9.84 Å². The van der Waals surface area contributed by atoms with E-state index in [1.165, 1.54) is 11.0 Å². The van der Waals surface area contributed by atoms with Crippen molar-refractivity contribution in [2.75, 3.05) is 13.2 Å². The van der Waals surface area contributed by atoms with Crippen molar-refractivity contribution < 1.29 is 19.4 Å². The molecule has 5 nitrogen and oxygen atoms in total. The Morgan fingerprint density at radius 2 is 2.10 bits per heavy atom. The summed E-state index contributed by atoms with van der Waals surface area (Å²) in [6.07, 6.45) is 1.47. The summed E-state index contributed by atoms with van der Waals surface area (Å²) in [5.41, 5.74) is 0.930. The fraction of sp³-hybridized carbons (Fsp3) is 0.333. The molecule has 1 aliphatic rings. The largest absolute Gasteiger partial charge is 0.480 e. The summed E-state index contributed by atoms with van der Waals surface area (Å²) >= 11 is 0. The van der Waals surface area contributed by atoms with Gasteiger partial charge in [0.1, 0.15) is 12.6 Å². The number of hydrogen-bond donors (Lipinski definition) is 1. The zero-order valence-corrected chi connectivity index (χ0v) is 11.1. The fourth-order valence-corrected chi connectivity index (χ4v) is 2.56. The molecule has 0 spiro atoms. The highest BCUT2D eigenvalue weighted by Crippen LogP contribution is 2.34. The molecule has 1 aromatic rings. The van der Waals surface area contributed by atoms with Crippen LogP contribution >= 0.6 is 0 Å². The summed E-state index contributed by atoms with van der Waals surface area (Å²) in [4.78, 5) is 24.7. The molecule has 0 unspecified atom stereocenters. The van der Waals surface area contributed by atoms with Gasteiger partial charge >= 0.3 is 12.1 Å². The Hall–Kier alpha value is -2.30. The van der Waals surface area contributed by atoms with Crippen molar-refractivity contribution in [2.45, 2.75) is 18.4 Å². The third kappa shape index (κ3) is 2.82. The first-order valence-corrected chi connectivity index (χ1v) is 6.47. The first-order valence-electron chi connectivity index (χ1n) is 6.47. The quantitative estimate of drug-likeness (QED) is 0.856. The Morgan fingerprint density at radius 1 is 1.40 bits per heavy atom. The summed E-state index contributed by atoms with van der Waals surface area (Å²) in [6, 6.07) is 8.51. The highest BCUT2D eigenvalue weighted by Gasteiger charge is 2.43. The van der Waals surface area contributed by atoms with Gasteiger partial charge in [-0.1, -0.05) is 43.0 Å². The van der Waals surface area contributed by atoms with Gasteiger partial charge in [0.2, 0.25) is 0 Å². The monoisotopic (exact) mass is 275 g/mol. The summed E-state index contributed by atoms with van der Waals surface area (Å²) in [7, 11) is 0. The maximum absolute atomic E-state index is 11.9. The molecule has 106 valence electrons. The van der Waals surface area contributed by atoms with Gasteiger partial charge in [-0.05, 0) is 12.0 Å². The maximum Gasteiger partial charge on any atom is 0.410 e. The number of carboxylic acid groups (broad SMARTS) is 1. The minimum Gasteiger partial charge on any atom is -0.480 e. The third-order valence-electron chi connectivity index (χ3n) is 3.44. The molecule has 1 N–H and O–H groups in total. The Labute approximate surface area is 117 Å². The second-order valence-electron chi connectivity index (χ2n) is 4.65. The van der Waals surface area contributed by atoms with Crippen LogP contribution in [0.3, 0.4) is 0 Å². The Kier molecular flexibility index (Phi) is 4.40. The van der Waals surface area contributed by atoms with E-state index in [-0.39, 0.29) is 12.5 Å². The maximum atomic E-state index is 11.9. The first-order chi connectivity index (χ1) is 9.65. The topological polar surface area (TPSA) is 66.8 Å². The Morgan fingerprint density at radius 3 is 2.70 bits per heavy atom. The van der Waals surface area contributed by atoms with Gasteiger partial charge in [-0.3, -0.25) is 4.90 Å². The molecule has 0 aliphatic carbocycles.